The first kappa shape index (κ1) is 15.1. The van der Waals surface area contributed by atoms with E-state index in [0.717, 1.165) is 31.2 Å². The van der Waals surface area contributed by atoms with E-state index in [4.69, 9.17) is 11.6 Å². The summed E-state index contributed by atoms with van der Waals surface area (Å²) >= 11 is 7.64. The van der Waals surface area contributed by atoms with Crippen LogP contribution in [0.1, 0.15) is 45.0 Å². The Balaban J connectivity index is 1.95. The molecular weight excluding hydrogens is 320 g/mol. The molecule has 5 nitrogen and oxygen atoms in total. The smallest absolute Gasteiger partial charge is 0.276 e. The molecule has 0 atom stereocenters. The van der Waals surface area contributed by atoms with Gasteiger partial charge in [0.15, 0.2) is 0 Å². The Bertz CT molecular complexity index is 800. The standard InChI is InChI=1S/C15H15ClN4OS/c1-8-12(16)13(20(2)19-8)14(21)18-15-10(7-17)9-5-3-4-6-11(9)22-15/h3-6H2,1-2H3,(H,18,21). The van der Waals surface area contributed by atoms with Gasteiger partial charge in [0.25, 0.3) is 5.91 Å². The van der Waals surface area contributed by atoms with Crippen molar-refractivity contribution in [1.82, 2.24) is 9.78 Å². The number of thiophene rings is 1. The van der Waals surface area contributed by atoms with E-state index in [9.17, 15) is 10.1 Å². The lowest BCUT2D eigenvalue weighted by Gasteiger charge is -2.09. The second kappa shape index (κ2) is 5.75. The topological polar surface area (TPSA) is 70.7 Å². The number of aryl methyl sites for hydroxylation is 3. The van der Waals surface area contributed by atoms with Gasteiger partial charge in [0.05, 0.1) is 16.3 Å². The molecule has 7 heteroatoms. The largest absolute Gasteiger partial charge is 0.311 e. The van der Waals surface area contributed by atoms with Gasteiger partial charge in [-0.25, -0.2) is 0 Å². The van der Waals surface area contributed by atoms with Crippen molar-refractivity contribution in [2.24, 2.45) is 7.05 Å². The predicted octanol–water partition coefficient (Wildman–Crippen LogP) is 3.45. The van der Waals surface area contributed by atoms with Crippen molar-refractivity contribution < 1.29 is 4.79 Å². The van der Waals surface area contributed by atoms with E-state index in [0.29, 0.717) is 27.0 Å². The van der Waals surface area contributed by atoms with Crippen LogP contribution in [0.4, 0.5) is 5.00 Å². The lowest BCUT2D eigenvalue weighted by molar-refractivity contribution is 0.101. The van der Waals surface area contributed by atoms with Crippen molar-refractivity contribution in [1.29, 1.82) is 5.26 Å². The van der Waals surface area contributed by atoms with Gasteiger partial charge in [-0.15, -0.1) is 11.3 Å². The lowest BCUT2D eigenvalue weighted by atomic mass is 9.96. The first-order chi connectivity index (χ1) is 10.5. The average Bonchev–Trinajstić information content (AvgIpc) is 2.95. The van der Waals surface area contributed by atoms with Crippen LogP contribution < -0.4 is 5.32 Å². The molecule has 0 spiro atoms. The van der Waals surface area contributed by atoms with Crippen LogP contribution in [0.2, 0.25) is 5.02 Å². The molecule has 2 heterocycles. The zero-order valence-electron chi connectivity index (χ0n) is 12.4. The van der Waals surface area contributed by atoms with Gasteiger partial charge in [0.2, 0.25) is 0 Å². The minimum absolute atomic E-state index is 0.314. The summed E-state index contributed by atoms with van der Waals surface area (Å²) in [5.74, 6) is -0.330. The van der Waals surface area contributed by atoms with Crippen LogP contribution in [0.3, 0.4) is 0 Å². The number of amides is 1. The highest BCUT2D eigenvalue weighted by atomic mass is 35.5. The third-order valence-corrected chi connectivity index (χ3v) is 5.53. The molecule has 2 aromatic rings. The molecule has 0 unspecified atom stereocenters. The number of rotatable bonds is 2. The van der Waals surface area contributed by atoms with E-state index >= 15 is 0 Å². The number of nitrogens with zero attached hydrogens (tertiary/aromatic N) is 3. The number of aromatic nitrogens is 2. The summed E-state index contributed by atoms with van der Waals surface area (Å²) in [6.45, 7) is 1.75. The van der Waals surface area contributed by atoms with E-state index < -0.39 is 0 Å². The molecule has 2 aromatic heterocycles. The Hall–Kier alpha value is -1.84. The van der Waals surface area contributed by atoms with E-state index in [1.807, 2.05) is 0 Å². The molecular formula is C15H15ClN4OS. The highest BCUT2D eigenvalue weighted by Gasteiger charge is 2.24. The van der Waals surface area contributed by atoms with Crippen LogP contribution in [0.5, 0.6) is 0 Å². The molecule has 1 aliphatic rings. The zero-order valence-corrected chi connectivity index (χ0v) is 13.9. The monoisotopic (exact) mass is 334 g/mol. The maximum atomic E-state index is 12.5. The molecule has 0 bridgehead atoms. The second-order valence-electron chi connectivity index (χ2n) is 5.35. The van der Waals surface area contributed by atoms with Gasteiger partial charge in [-0.2, -0.15) is 10.4 Å². The van der Waals surface area contributed by atoms with Gasteiger partial charge >= 0.3 is 0 Å². The number of fused-ring (bicyclic) bond motifs is 1. The second-order valence-corrected chi connectivity index (χ2v) is 6.84. The molecule has 0 aliphatic heterocycles. The number of nitriles is 1. The first-order valence-electron chi connectivity index (χ1n) is 7.08. The fourth-order valence-electron chi connectivity index (χ4n) is 2.81. The number of nitrogens with one attached hydrogen (secondary N) is 1. The van der Waals surface area contributed by atoms with Crippen molar-refractivity contribution in [3.05, 3.63) is 32.4 Å². The Morgan fingerprint density at radius 3 is 2.82 bits per heavy atom. The molecule has 0 saturated heterocycles. The summed E-state index contributed by atoms with van der Waals surface area (Å²) in [7, 11) is 1.68. The minimum atomic E-state index is -0.330. The fourth-order valence-corrected chi connectivity index (χ4v) is 4.29. The molecule has 114 valence electrons. The van der Waals surface area contributed by atoms with E-state index in [2.05, 4.69) is 16.5 Å². The van der Waals surface area contributed by atoms with Crippen molar-refractivity contribution in [2.75, 3.05) is 5.32 Å². The Kier molecular flexibility index (Phi) is 3.94. The third-order valence-electron chi connectivity index (χ3n) is 3.87. The normalized spacial score (nSPS) is 13.5. The number of hydrogen-bond donors (Lipinski definition) is 1. The molecule has 1 N–H and O–H groups in total. The Morgan fingerprint density at radius 2 is 2.18 bits per heavy atom. The number of hydrogen-bond acceptors (Lipinski definition) is 4. The molecule has 1 amide bonds. The number of carbonyl (C=O) groups is 1. The van der Waals surface area contributed by atoms with Crippen molar-refractivity contribution in [3.63, 3.8) is 0 Å². The minimum Gasteiger partial charge on any atom is -0.311 e. The summed E-state index contributed by atoms with van der Waals surface area (Å²) in [4.78, 5) is 13.7. The van der Waals surface area contributed by atoms with Gasteiger partial charge < -0.3 is 5.32 Å². The van der Waals surface area contributed by atoms with Crippen LogP contribution in [-0.4, -0.2) is 15.7 Å². The highest BCUT2D eigenvalue weighted by molar-refractivity contribution is 7.16. The first-order valence-corrected chi connectivity index (χ1v) is 8.27. The molecule has 0 saturated carbocycles. The quantitative estimate of drug-likeness (QED) is 0.914. The number of carbonyl (C=O) groups excluding carboxylic acids is 1. The van der Waals surface area contributed by atoms with Gasteiger partial charge in [0.1, 0.15) is 16.8 Å². The zero-order chi connectivity index (χ0) is 15.9. The Morgan fingerprint density at radius 1 is 1.45 bits per heavy atom. The van der Waals surface area contributed by atoms with Gasteiger partial charge in [-0.1, -0.05) is 11.6 Å². The SMILES string of the molecule is Cc1nn(C)c(C(=O)Nc2sc3c(c2C#N)CCCC3)c1Cl. The Labute approximate surface area is 137 Å². The number of halogens is 1. The van der Waals surface area contributed by atoms with Crippen LogP contribution in [0.15, 0.2) is 0 Å². The van der Waals surface area contributed by atoms with E-state index in [-0.39, 0.29) is 5.91 Å². The fraction of sp³-hybridized carbons (Fsp3) is 0.400. The summed E-state index contributed by atoms with van der Waals surface area (Å²) < 4.78 is 1.46. The van der Waals surface area contributed by atoms with Crippen molar-refractivity contribution >= 4 is 33.8 Å². The third kappa shape index (κ3) is 2.40. The molecule has 22 heavy (non-hydrogen) atoms. The van der Waals surface area contributed by atoms with Crippen LogP contribution >= 0.6 is 22.9 Å². The van der Waals surface area contributed by atoms with Crippen LogP contribution in [0.25, 0.3) is 0 Å². The maximum absolute atomic E-state index is 12.5. The molecule has 0 fully saturated rings. The van der Waals surface area contributed by atoms with Crippen molar-refractivity contribution in [3.8, 4) is 6.07 Å². The summed E-state index contributed by atoms with van der Waals surface area (Å²) in [6, 6.07) is 2.24. The summed E-state index contributed by atoms with van der Waals surface area (Å²) in [5, 5.41) is 17.4. The molecule has 0 aromatic carbocycles. The predicted molar refractivity (Wildman–Crippen MR) is 86.6 cm³/mol. The number of anilines is 1. The van der Waals surface area contributed by atoms with Crippen LogP contribution in [-0.2, 0) is 19.9 Å². The summed E-state index contributed by atoms with van der Waals surface area (Å²) in [5.41, 5.74) is 2.62. The van der Waals surface area contributed by atoms with E-state index in [1.54, 1.807) is 14.0 Å². The molecule has 0 radical (unpaired) electrons. The summed E-state index contributed by atoms with van der Waals surface area (Å²) in [6.07, 6.45) is 4.13. The van der Waals surface area contributed by atoms with Gasteiger partial charge in [-0.3, -0.25) is 9.48 Å². The maximum Gasteiger partial charge on any atom is 0.276 e. The highest BCUT2D eigenvalue weighted by Crippen LogP contribution is 2.38. The van der Waals surface area contributed by atoms with Gasteiger partial charge in [0, 0.05) is 11.9 Å². The molecule has 3 rings (SSSR count). The van der Waals surface area contributed by atoms with Crippen molar-refractivity contribution in [2.45, 2.75) is 32.6 Å². The average molecular weight is 335 g/mol. The van der Waals surface area contributed by atoms with E-state index in [1.165, 1.54) is 20.9 Å². The van der Waals surface area contributed by atoms with Crippen LogP contribution in [0, 0.1) is 18.3 Å². The lowest BCUT2D eigenvalue weighted by Crippen LogP contribution is -2.16. The van der Waals surface area contributed by atoms with Gasteiger partial charge in [-0.05, 0) is 38.2 Å². The molecule has 1 aliphatic carbocycles.